The predicted molar refractivity (Wildman–Crippen MR) is 142 cm³/mol. The molecule has 2 amide bonds. The van der Waals surface area contributed by atoms with Gasteiger partial charge in [0.15, 0.2) is 0 Å². The Balaban J connectivity index is 1.66. The van der Waals surface area contributed by atoms with E-state index in [0.717, 1.165) is 22.4 Å². The van der Waals surface area contributed by atoms with Gasteiger partial charge in [0.1, 0.15) is 10.9 Å². The minimum atomic E-state index is -0.730. The average molecular weight is 489 g/mol. The predicted octanol–water partition coefficient (Wildman–Crippen LogP) is 5.53. The molecule has 0 radical (unpaired) electrons. The molecule has 0 saturated heterocycles. The molecule has 0 fully saturated rings. The summed E-state index contributed by atoms with van der Waals surface area (Å²) < 4.78 is 1.36. The largest absolute Gasteiger partial charge is 0.324 e. The Morgan fingerprint density at radius 2 is 1.77 bits per heavy atom. The third kappa shape index (κ3) is 4.88. The molecule has 2 N–H and O–H groups in total. The number of benzene rings is 2. The molecule has 4 rings (SSSR count). The molecule has 1 atom stereocenters. The number of amides is 2. The Morgan fingerprint density at radius 3 is 2.46 bits per heavy atom. The van der Waals surface area contributed by atoms with Gasteiger partial charge in [-0.25, -0.2) is 4.98 Å². The van der Waals surface area contributed by atoms with Crippen LogP contribution in [0.4, 0.5) is 11.4 Å². The number of thiophene rings is 1. The Morgan fingerprint density at radius 1 is 1.03 bits per heavy atom. The lowest BCUT2D eigenvalue weighted by atomic mass is 10.1. The number of hydrogen-bond acceptors (Lipinski definition) is 5. The normalized spacial score (nSPS) is 11.9. The van der Waals surface area contributed by atoms with Crippen molar-refractivity contribution in [3.8, 4) is 0 Å². The van der Waals surface area contributed by atoms with Crippen LogP contribution in [-0.4, -0.2) is 21.4 Å². The molecule has 2 heterocycles. The standard InChI is InChI=1S/C27H28N4O3S/c1-6-21(24(32)29-19-9-7-8-15(2)13-19)31-14-28-26-22(27(31)34)18(5)23(35-26)25(33)30-20-11-10-16(3)12-17(20)4/h7-14,21H,6H2,1-5H3,(H,29,32)(H,30,33). The van der Waals surface area contributed by atoms with Gasteiger partial charge in [-0.3, -0.25) is 19.0 Å². The highest BCUT2D eigenvalue weighted by Gasteiger charge is 2.25. The summed E-state index contributed by atoms with van der Waals surface area (Å²) in [5.41, 5.74) is 4.72. The molecule has 7 nitrogen and oxygen atoms in total. The highest BCUT2D eigenvalue weighted by Crippen LogP contribution is 2.29. The van der Waals surface area contributed by atoms with E-state index in [-0.39, 0.29) is 17.4 Å². The number of aryl methyl sites for hydroxylation is 4. The summed E-state index contributed by atoms with van der Waals surface area (Å²) in [5, 5.41) is 6.20. The lowest BCUT2D eigenvalue weighted by molar-refractivity contribution is -0.119. The molecule has 2 aromatic heterocycles. The summed E-state index contributed by atoms with van der Waals surface area (Å²) in [7, 11) is 0. The first-order valence-corrected chi connectivity index (χ1v) is 12.3. The monoisotopic (exact) mass is 488 g/mol. The van der Waals surface area contributed by atoms with Crippen molar-refractivity contribution in [3.63, 3.8) is 0 Å². The smallest absolute Gasteiger partial charge is 0.266 e. The quantitative estimate of drug-likeness (QED) is 0.373. The van der Waals surface area contributed by atoms with Crippen molar-refractivity contribution in [2.24, 2.45) is 0 Å². The maximum Gasteiger partial charge on any atom is 0.266 e. The molecule has 4 aromatic rings. The molecule has 0 aliphatic heterocycles. The van der Waals surface area contributed by atoms with Crippen molar-refractivity contribution < 1.29 is 9.59 Å². The van der Waals surface area contributed by atoms with Crippen molar-refractivity contribution in [2.75, 3.05) is 10.6 Å². The summed E-state index contributed by atoms with van der Waals surface area (Å²) in [6, 6.07) is 12.6. The zero-order valence-electron chi connectivity index (χ0n) is 20.4. The second-order valence-electron chi connectivity index (χ2n) is 8.75. The molecule has 0 aliphatic rings. The van der Waals surface area contributed by atoms with Crippen LogP contribution in [0.25, 0.3) is 10.2 Å². The summed E-state index contributed by atoms with van der Waals surface area (Å²) in [4.78, 5) is 44.9. The zero-order valence-corrected chi connectivity index (χ0v) is 21.2. The van der Waals surface area contributed by atoms with Crippen molar-refractivity contribution in [2.45, 2.75) is 47.1 Å². The number of carbonyl (C=O) groups excluding carboxylic acids is 2. The van der Waals surface area contributed by atoms with Gasteiger partial charge >= 0.3 is 0 Å². The molecule has 0 saturated carbocycles. The molecule has 35 heavy (non-hydrogen) atoms. The van der Waals surface area contributed by atoms with Gasteiger partial charge < -0.3 is 10.6 Å². The Kier molecular flexibility index (Phi) is 6.84. The van der Waals surface area contributed by atoms with Crippen molar-refractivity contribution in [1.29, 1.82) is 0 Å². The van der Waals surface area contributed by atoms with Gasteiger partial charge in [-0.1, -0.05) is 36.8 Å². The molecular weight excluding hydrogens is 460 g/mol. The molecule has 1 unspecified atom stereocenters. The summed E-state index contributed by atoms with van der Waals surface area (Å²) in [5.74, 6) is -0.574. The van der Waals surface area contributed by atoms with Gasteiger partial charge in [0.25, 0.3) is 11.5 Å². The van der Waals surface area contributed by atoms with Crippen molar-refractivity contribution in [3.05, 3.63) is 86.3 Å². The van der Waals surface area contributed by atoms with Crippen LogP contribution in [0, 0.1) is 27.7 Å². The number of aromatic nitrogens is 2. The van der Waals surface area contributed by atoms with Gasteiger partial charge in [0.2, 0.25) is 5.91 Å². The molecule has 2 aromatic carbocycles. The number of rotatable bonds is 6. The summed E-state index contributed by atoms with van der Waals surface area (Å²) in [6.45, 7) is 9.48. The van der Waals surface area contributed by atoms with E-state index in [1.165, 1.54) is 22.2 Å². The van der Waals surface area contributed by atoms with Gasteiger partial charge in [0.05, 0.1) is 16.6 Å². The number of carbonyl (C=O) groups is 2. The van der Waals surface area contributed by atoms with Crippen LogP contribution in [-0.2, 0) is 4.79 Å². The van der Waals surface area contributed by atoms with E-state index in [1.807, 2.05) is 70.2 Å². The minimum absolute atomic E-state index is 0.285. The third-order valence-electron chi connectivity index (χ3n) is 6.02. The van der Waals surface area contributed by atoms with Crippen LogP contribution in [0.15, 0.2) is 53.6 Å². The number of nitrogens with zero attached hydrogens (tertiary/aromatic N) is 2. The van der Waals surface area contributed by atoms with Crippen LogP contribution in [0.2, 0.25) is 0 Å². The van der Waals surface area contributed by atoms with E-state index < -0.39 is 6.04 Å². The van der Waals surface area contributed by atoms with Gasteiger partial charge in [0, 0.05) is 11.4 Å². The maximum atomic E-state index is 13.5. The van der Waals surface area contributed by atoms with E-state index >= 15 is 0 Å². The van der Waals surface area contributed by atoms with E-state index in [1.54, 1.807) is 6.92 Å². The highest BCUT2D eigenvalue weighted by atomic mass is 32.1. The van der Waals surface area contributed by atoms with E-state index in [2.05, 4.69) is 15.6 Å². The SMILES string of the molecule is CCC(C(=O)Nc1cccc(C)c1)n1cnc2sc(C(=O)Nc3ccc(C)cc3C)c(C)c2c1=O. The van der Waals surface area contributed by atoms with Crippen LogP contribution in [0.5, 0.6) is 0 Å². The third-order valence-corrected chi connectivity index (χ3v) is 7.22. The summed E-state index contributed by atoms with van der Waals surface area (Å²) >= 11 is 1.18. The second-order valence-corrected chi connectivity index (χ2v) is 9.75. The topological polar surface area (TPSA) is 93.1 Å². The molecule has 180 valence electrons. The highest BCUT2D eigenvalue weighted by molar-refractivity contribution is 7.20. The van der Waals surface area contributed by atoms with Crippen molar-refractivity contribution >= 4 is 44.7 Å². The fourth-order valence-electron chi connectivity index (χ4n) is 4.17. The van der Waals surface area contributed by atoms with Crippen LogP contribution >= 0.6 is 11.3 Å². The maximum absolute atomic E-state index is 13.5. The molecule has 8 heteroatoms. The zero-order chi connectivity index (χ0) is 25.3. The molecule has 0 bridgehead atoms. The minimum Gasteiger partial charge on any atom is -0.324 e. The lowest BCUT2D eigenvalue weighted by Crippen LogP contribution is -2.33. The first-order valence-electron chi connectivity index (χ1n) is 11.5. The van der Waals surface area contributed by atoms with Crippen LogP contribution in [0.1, 0.15) is 51.3 Å². The number of fused-ring (bicyclic) bond motifs is 1. The number of anilines is 2. The van der Waals surface area contributed by atoms with Crippen LogP contribution in [0.3, 0.4) is 0 Å². The average Bonchev–Trinajstić information content (AvgIpc) is 3.15. The first-order chi connectivity index (χ1) is 16.7. The Bertz CT molecular complexity index is 1500. The molecular formula is C27H28N4O3S. The number of hydrogen-bond donors (Lipinski definition) is 2. The van der Waals surface area contributed by atoms with E-state index in [9.17, 15) is 14.4 Å². The lowest BCUT2D eigenvalue weighted by Gasteiger charge is -2.18. The van der Waals surface area contributed by atoms with Crippen LogP contribution < -0.4 is 16.2 Å². The fraction of sp³-hybridized carbons (Fsp3) is 0.259. The van der Waals surface area contributed by atoms with E-state index in [4.69, 9.17) is 0 Å². The van der Waals surface area contributed by atoms with Gasteiger partial charge in [-0.05, 0) is 69.0 Å². The Labute approximate surface area is 207 Å². The van der Waals surface area contributed by atoms with Gasteiger partial charge in [-0.2, -0.15) is 0 Å². The number of nitrogens with one attached hydrogen (secondary N) is 2. The van der Waals surface area contributed by atoms with Gasteiger partial charge in [-0.15, -0.1) is 11.3 Å². The first kappa shape index (κ1) is 24.3. The second kappa shape index (κ2) is 9.84. The summed E-state index contributed by atoms with van der Waals surface area (Å²) in [6.07, 6.45) is 1.81. The molecule has 0 spiro atoms. The van der Waals surface area contributed by atoms with E-state index in [0.29, 0.717) is 32.8 Å². The Hall–Kier alpha value is -3.78. The molecule has 0 aliphatic carbocycles. The fourth-order valence-corrected chi connectivity index (χ4v) is 5.20. The van der Waals surface area contributed by atoms with Crippen molar-refractivity contribution in [1.82, 2.24) is 9.55 Å².